The second kappa shape index (κ2) is 14.8. The molecule has 0 bridgehead atoms. The number of aliphatic hydroxyl groups excluding tert-OH is 1. The van der Waals surface area contributed by atoms with Gasteiger partial charge in [0.2, 0.25) is 11.8 Å². The monoisotopic (exact) mass is 821 g/mol. The summed E-state index contributed by atoms with van der Waals surface area (Å²) >= 11 is 13.9. The molecule has 57 heavy (non-hydrogen) atoms. The van der Waals surface area contributed by atoms with E-state index in [1.54, 1.807) is 31.4 Å². The number of benzene rings is 3. The Hall–Kier alpha value is -4.33. The molecule has 0 spiro atoms. The second-order valence-electron chi connectivity index (χ2n) is 15.5. The minimum Gasteiger partial charge on any atom is -0.481 e. The minimum atomic E-state index is -4.66. The van der Waals surface area contributed by atoms with Crippen LogP contribution in [0.1, 0.15) is 71.2 Å². The van der Waals surface area contributed by atoms with Crippen molar-refractivity contribution in [3.05, 3.63) is 98.0 Å². The summed E-state index contributed by atoms with van der Waals surface area (Å²) in [6.45, 7) is 2.72. The van der Waals surface area contributed by atoms with Gasteiger partial charge in [-0.15, -0.1) is 0 Å². The number of alkyl halides is 3. The quantitative estimate of drug-likeness (QED) is 0.150. The number of rotatable bonds is 9. The van der Waals surface area contributed by atoms with Crippen LogP contribution >= 0.6 is 23.2 Å². The molecule has 4 heterocycles. The molecule has 5 aromatic rings. The average Bonchev–Trinajstić information content (AvgIpc) is 4.02. The van der Waals surface area contributed by atoms with Crippen molar-refractivity contribution in [1.82, 2.24) is 14.8 Å². The van der Waals surface area contributed by atoms with Gasteiger partial charge in [-0.1, -0.05) is 53.5 Å². The minimum absolute atomic E-state index is 0.213. The van der Waals surface area contributed by atoms with Crippen LogP contribution in [0.4, 0.5) is 13.2 Å². The van der Waals surface area contributed by atoms with E-state index in [1.807, 2.05) is 35.2 Å². The van der Waals surface area contributed by atoms with Crippen LogP contribution in [0.15, 0.2) is 59.0 Å². The number of fused-ring (bicyclic) bond motifs is 3. The topological polar surface area (TPSA) is 109 Å². The van der Waals surface area contributed by atoms with Crippen LogP contribution in [-0.2, 0) is 30.4 Å². The molecule has 2 N–H and O–H groups in total. The predicted octanol–water partition coefficient (Wildman–Crippen LogP) is 9.52. The number of aromatic nitrogens is 1. The van der Waals surface area contributed by atoms with Gasteiger partial charge in [-0.2, -0.15) is 18.2 Å². The van der Waals surface area contributed by atoms with Crippen molar-refractivity contribution in [2.45, 2.75) is 69.5 Å². The highest BCUT2D eigenvalue weighted by Crippen LogP contribution is 2.50. The van der Waals surface area contributed by atoms with Gasteiger partial charge in [0.15, 0.2) is 0 Å². The Bertz CT molecular complexity index is 2400. The molecule has 9 rings (SSSR count). The van der Waals surface area contributed by atoms with Crippen LogP contribution in [0.5, 0.6) is 11.8 Å². The highest BCUT2D eigenvalue weighted by atomic mass is 35.5. The lowest BCUT2D eigenvalue weighted by molar-refractivity contribution is -0.141. The number of β-amino-alcohol motifs (C(OH)–C–C–N with tert-alkyl or cyclic N) is 1. The fraction of sp³-hybridized carbons (Fsp3) is 0.395. The Kier molecular flexibility index (Phi) is 9.92. The highest BCUT2D eigenvalue weighted by Gasteiger charge is 2.44. The van der Waals surface area contributed by atoms with Crippen LogP contribution < -0.4 is 9.47 Å². The number of hydrogen-bond acceptors (Lipinski definition) is 8. The Balaban J connectivity index is 1.02. The van der Waals surface area contributed by atoms with Crippen molar-refractivity contribution in [2.75, 3.05) is 33.3 Å². The molecular weight excluding hydrogens is 782 g/mol. The van der Waals surface area contributed by atoms with Crippen molar-refractivity contribution in [3.63, 3.8) is 0 Å². The van der Waals surface area contributed by atoms with Gasteiger partial charge in [-0.25, -0.2) is 0 Å². The number of carboxylic acid groups (broad SMARTS) is 1. The number of furan rings is 1. The molecule has 2 aliphatic carbocycles. The Morgan fingerprint density at radius 2 is 1.70 bits per heavy atom. The molecule has 3 aromatic carbocycles. The van der Waals surface area contributed by atoms with E-state index in [0.29, 0.717) is 96.3 Å². The molecule has 0 saturated carbocycles. The Labute approximate surface area is 336 Å². The van der Waals surface area contributed by atoms with Gasteiger partial charge in [-0.3, -0.25) is 14.6 Å². The first-order valence-corrected chi connectivity index (χ1v) is 20.0. The molecule has 2 fully saturated rings. The lowest BCUT2D eigenvalue weighted by Gasteiger charge is -2.25. The van der Waals surface area contributed by atoms with Gasteiger partial charge in [0.25, 0.3) is 0 Å². The van der Waals surface area contributed by atoms with Gasteiger partial charge < -0.3 is 24.1 Å². The van der Waals surface area contributed by atoms with Crippen molar-refractivity contribution >= 4 is 40.1 Å². The number of hydrogen-bond donors (Lipinski definition) is 2. The zero-order valence-electron chi connectivity index (χ0n) is 31.0. The number of aliphatic hydroxyl groups is 1. The van der Waals surface area contributed by atoms with Crippen LogP contribution in [0.2, 0.25) is 10.0 Å². The number of carboxylic acids is 1. The summed E-state index contributed by atoms with van der Waals surface area (Å²) in [6, 6.07) is 16.3. The fourth-order valence-corrected chi connectivity index (χ4v) is 9.99. The predicted molar refractivity (Wildman–Crippen MR) is 209 cm³/mol. The second-order valence-corrected chi connectivity index (χ2v) is 16.3. The van der Waals surface area contributed by atoms with Crippen LogP contribution in [0.25, 0.3) is 33.4 Å². The third-order valence-corrected chi connectivity index (χ3v) is 12.8. The maximum atomic E-state index is 14.9. The van der Waals surface area contributed by atoms with Crippen LogP contribution in [0.3, 0.4) is 0 Å². The summed E-state index contributed by atoms with van der Waals surface area (Å²) in [7, 11) is 1.55. The summed E-state index contributed by atoms with van der Waals surface area (Å²) in [5, 5.41) is 20.5. The number of likely N-dealkylation sites (tertiary alicyclic amines) is 2. The molecule has 0 unspecified atom stereocenters. The first-order valence-electron chi connectivity index (χ1n) is 19.2. The summed E-state index contributed by atoms with van der Waals surface area (Å²) in [4.78, 5) is 20.4. The Morgan fingerprint density at radius 1 is 0.930 bits per heavy atom. The first kappa shape index (κ1) is 38.2. The molecule has 0 amide bonds. The molecular formula is C43H40Cl2F3N3O6. The molecule has 4 aliphatic rings. The molecule has 0 radical (unpaired) electrons. The molecule has 2 saturated heterocycles. The van der Waals surface area contributed by atoms with Gasteiger partial charge in [0.1, 0.15) is 28.0 Å². The van der Waals surface area contributed by atoms with E-state index in [1.165, 1.54) is 0 Å². The smallest absolute Gasteiger partial charge is 0.420 e. The van der Waals surface area contributed by atoms with Crippen LogP contribution in [-0.4, -0.2) is 70.4 Å². The van der Waals surface area contributed by atoms with Crippen molar-refractivity contribution in [1.29, 1.82) is 0 Å². The van der Waals surface area contributed by atoms with Crippen molar-refractivity contribution in [3.8, 4) is 34.2 Å². The lowest BCUT2D eigenvalue weighted by Crippen LogP contribution is -2.26. The first-order chi connectivity index (χ1) is 27.4. The summed E-state index contributed by atoms with van der Waals surface area (Å²) in [5.74, 6) is -0.521. The number of methoxy groups -OCH3 is 1. The number of pyridine rings is 1. The normalized spacial score (nSPS) is 22.4. The molecule has 2 aliphatic heterocycles. The standard InChI is InChI=1S/C43H40Cl2F3N3O6/c1-55-40-24(19-50-14-13-25(52)21-50)17-33(44)41(49-40)57-35-11-9-27-26(4-2-5-28(27)35)30-6-3-7-31(38(30)45)36-18-23-16-32-29(37(39(23)56-36)43(46,47)48)8-10-34(32)51-15-12-22(20-51)42(53)54/h2-7,16-18,22,25,34-35,52H,8-15,19-21H2,1H3,(H,53,54)/t22-,25-,34-,35+/m1/s1. The van der Waals surface area contributed by atoms with E-state index < -0.39 is 23.6 Å². The molecule has 2 aromatic heterocycles. The third-order valence-electron chi connectivity index (χ3n) is 12.1. The third kappa shape index (κ3) is 6.93. The summed E-state index contributed by atoms with van der Waals surface area (Å²) < 4.78 is 62.8. The maximum absolute atomic E-state index is 14.9. The number of nitrogens with zero attached hydrogens (tertiary/aromatic N) is 3. The summed E-state index contributed by atoms with van der Waals surface area (Å²) in [6.07, 6.45) is -2.14. The lowest BCUT2D eigenvalue weighted by atomic mass is 9.95. The largest absolute Gasteiger partial charge is 0.481 e. The van der Waals surface area contributed by atoms with Crippen molar-refractivity contribution in [2.24, 2.45) is 5.92 Å². The van der Waals surface area contributed by atoms with Gasteiger partial charge >= 0.3 is 12.1 Å². The highest BCUT2D eigenvalue weighted by molar-refractivity contribution is 6.36. The van der Waals surface area contributed by atoms with Gasteiger partial charge in [0.05, 0.1) is 24.2 Å². The zero-order valence-corrected chi connectivity index (χ0v) is 32.6. The molecule has 9 nitrogen and oxygen atoms in total. The molecule has 14 heteroatoms. The zero-order chi connectivity index (χ0) is 39.7. The fourth-order valence-electron chi connectivity index (χ4n) is 9.45. The molecule has 298 valence electrons. The van der Waals surface area contributed by atoms with Gasteiger partial charge in [-0.05, 0) is 97.2 Å². The maximum Gasteiger partial charge on any atom is 0.420 e. The van der Waals surface area contributed by atoms with E-state index in [0.717, 1.165) is 28.8 Å². The number of halogens is 5. The summed E-state index contributed by atoms with van der Waals surface area (Å²) in [5.41, 5.74) is 4.64. The van der Waals surface area contributed by atoms with E-state index in [9.17, 15) is 28.2 Å². The van der Waals surface area contributed by atoms with Crippen LogP contribution in [0, 0.1) is 5.92 Å². The van der Waals surface area contributed by atoms with E-state index in [-0.39, 0.29) is 47.5 Å². The average molecular weight is 823 g/mol. The Morgan fingerprint density at radius 3 is 2.44 bits per heavy atom. The molecule has 4 atom stereocenters. The van der Waals surface area contributed by atoms with E-state index in [4.69, 9.17) is 37.1 Å². The number of ether oxygens (including phenoxy) is 2. The number of aliphatic carboxylic acids is 1. The number of carbonyl (C=O) groups is 1. The van der Waals surface area contributed by atoms with Crippen molar-refractivity contribution < 1.29 is 42.1 Å². The van der Waals surface area contributed by atoms with E-state index in [2.05, 4.69) is 9.88 Å². The van der Waals surface area contributed by atoms with E-state index >= 15 is 0 Å². The SMILES string of the molecule is COc1nc(O[C@H]2CCc3c(-c4cccc(-c5cc6cc7c(c(C(F)(F)F)c6o5)CC[C@H]7N5CC[C@@H](C(=O)O)C5)c4Cl)cccc32)c(Cl)cc1CN1CC[C@@H](O)C1. The van der Waals surface area contributed by atoms with Gasteiger partial charge in [0, 0.05) is 54.3 Å².